The number of carbonyl (C=O) groups excluding carboxylic acids is 1. The lowest BCUT2D eigenvalue weighted by atomic mass is 10.1. The third kappa shape index (κ3) is 3.31. The van der Waals surface area contributed by atoms with Crippen LogP contribution in [0.4, 0.5) is 0 Å². The lowest BCUT2D eigenvalue weighted by Crippen LogP contribution is -2.16. The summed E-state index contributed by atoms with van der Waals surface area (Å²) in [5.74, 6) is 0.523. The topological polar surface area (TPSA) is 43.6 Å². The molecule has 0 bridgehead atoms. The largest absolute Gasteiger partial charge is 0.497 e. The highest BCUT2D eigenvalue weighted by Crippen LogP contribution is 2.17. The minimum atomic E-state index is -0.242. The molecule has 0 aliphatic carbocycles. The summed E-state index contributed by atoms with van der Waals surface area (Å²) in [5, 5.41) is 1.99. The van der Waals surface area contributed by atoms with Crippen LogP contribution in [0.3, 0.4) is 0 Å². The summed E-state index contributed by atoms with van der Waals surface area (Å²) >= 11 is 1.45. The average Bonchev–Trinajstić information content (AvgIpc) is 2.95. The Morgan fingerprint density at radius 2 is 1.88 bits per heavy atom. The molecule has 1 aromatic heterocycles. The molecule has 3 rings (SSSR count). The van der Waals surface area contributed by atoms with Gasteiger partial charge in [-0.1, -0.05) is 23.8 Å². The molecule has 0 N–H and O–H groups in total. The summed E-state index contributed by atoms with van der Waals surface area (Å²) < 4.78 is 7.24. The van der Waals surface area contributed by atoms with Gasteiger partial charge < -0.3 is 4.74 Å². The first-order valence-electron chi connectivity index (χ1n) is 7.56. The molecule has 122 valence electrons. The minimum absolute atomic E-state index is 0.242. The monoisotopic (exact) mass is 338 g/mol. The van der Waals surface area contributed by atoms with Gasteiger partial charge in [-0.15, -0.1) is 11.3 Å². The van der Waals surface area contributed by atoms with Gasteiger partial charge in [0.15, 0.2) is 4.80 Å². The number of rotatable bonds is 3. The standard InChI is InChI=1S/C19H18N2O2S/c1-13-7-9-15(10-8-13)18(22)20-19-21(14(2)12-24-19)16-5-4-6-17(11-16)23-3/h4-12H,1-3H3. The number of benzene rings is 2. The van der Waals surface area contributed by atoms with Crippen molar-refractivity contribution >= 4 is 17.2 Å². The Kier molecular flexibility index (Phi) is 4.62. The van der Waals surface area contributed by atoms with Crippen LogP contribution in [0.15, 0.2) is 58.9 Å². The van der Waals surface area contributed by atoms with Gasteiger partial charge in [0.05, 0.1) is 12.8 Å². The molecule has 0 radical (unpaired) electrons. The highest BCUT2D eigenvalue weighted by molar-refractivity contribution is 7.07. The lowest BCUT2D eigenvalue weighted by molar-refractivity contribution is 0.0998. The Morgan fingerprint density at radius 1 is 1.12 bits per heavy atom. The van der Waals surface area contributed by atoms with Crippen molar-refractivity contribution in [2.45, 2.75) is 13.8 Å². The van der Waals surface area contributed by atoms with E-state index in [1.165, 1.54) is 11.3 Å². The van der Waals surface area contributed by atoms with Crippen molar-refractivity contribution < 1.29 is 9.53 Å². The summed E-state index contributed by atoms with van der Waals surface area (Å²) in [6.07, 6.45) is 0. The number of hydrogen-bond donors (Lipinski definition) is 0. The molecule has 2 aromatic carbocycles. The molecule has 5 heteroatoms. The van der Waals surface area contributed by atoms with Gasteiger partial charge in [-0.25, -0.2) is 0 Å². The highest BCUT2D eigenvalue weighted by Gasteiger charge is 2.08. The van der Waals surface area contributed by atoms with Crippen molar-refractivity contribution in [2.75, 3.05) is 7.11 Å². The van der Waals surface area contributed by atoms with E-state index in [9.17, 15) is 4.79 Å². The van der Waals surface area contributed by atoms with Crippen LogP contribution < -0.4 is 9.54 Å². The van der Waals surface area contributed by atoms with Gasteiger partial charge in [0, 0.05) is 22.7 Å². The van der Waals surface area contributed by atoms with E-state index in [-0.39, 0.29) is 5.91 Å². The molecule has 0 atom stereocenters. The van der Waals surface area contributed by atoms with Crippen LogP contribution in [0.5, 0.6) is 5.75 Å². The number of methoxy groups -OCH3 is 1. The molecule has 24 heavy (non-hydrogen) atoms. The Hall–Kier alpha value is -2.66. The highest BCUT2D eigenvalue weighted by atomic mass is 32.1. The molecule has 0 aliphatic rings. The summed E-state index contributed by atoms with van der Waals surface area (Å²) in [5.41, 5.74) is 3.64. The summed E-state index contributed by atoms with van der Waals surface area (Å²) in [7, 11) is 1.64. The first kappa shape index (κ1) is 16.2. The fourth-order valence-corrected chi connectivity index (χ4v) is 3.25. The van der Waals surface area contributed by atoms with E-state index in [4.69, 9.17) is 4.74 Å². The van der Waals surface area contributed by atoms with Crippen LogP contribution in [-0.4, -0.2) is 17.6 Å². The molecule has 0 unspecified atom stereocenters. The predicted molar refractivity (Wildman–Crippen MR) is 96.0 cm³/mol. The van der Waals surface area contributed by atoms with Gasteiger partial charge in [-0.2, -0.15) is 4.99 Å². The van der Waals surface area contributed by atoms with Crippen molar-refractivity contribution in [3.05, 3.63) is 75.5 Å². The summed E-state index contributed by atoms with van der Waals surface area (Å²) in [6, 6.07) is 15.1. The maximum absolute atomic E-state index is 12.4. The van der Waals surface area contributed by atoms with Gasteiger partial charge in [0.1, 0.15) is 5.75 Å². The van der Waals surface area contributed by atoms with Crippen molar-refractivity contribution in [1.82, 2.24) is 4.57 Å². The molecule has 0 fully saturated rings. The lowest BCUT2D eigenvalue weighted by Gasteiger charge is -2.08. The first-order chi connectivity index (χ1) is 11.6. The molecular formula is C19H18N2O2S. The van der Waals surface area contributed by atoms with Gasteiger partial charge in [0.25, 0.3) is 5.91 Å². The van der Waals surface area contributed by atoms with Crippen molar-refractivity contribution in [1.29, 1.82) is 0 Å². The Morgan fingerprint density at radius 3 is 2.58 bits per heavy atom. The molecule has 0 spiro atoms. The Bertz CT molecular complexity index is 937. The molecule has 3 aromatic rings. The van der Waals surface area contributed by atoms with E-state index in [1.807, 2.05) is 60.2 Å². The van der Waals surface area contributed by atoms with E-state index in [2.05, 4.69) is 4.99 Å². The zero-order valence-electron chi connectivity index (χ0n) is 13.8. The van der Waals surface area contributed by atoms with Gasteiger partial charge in [-0.05, 0) is 38.1 Å². The maximum Gasteiger partial charge on any atom is 0.279 e. The number of aromatic nitrogens is 1. The number of thiazole rings is 1. The van der Waals surface area contributed by atoms with E-state index < -0.39 is 0 Å². The molecule has 0 saturated carbocycles. The quantitative estimate of drug-likeness (QED) is 0.727. The number of nitrogens with zero attached hydrogens (tertiary/aromatic N) is 2. The SMILES string of the molecule is COc1cccc(-n2c(C)csc2=NC(=O)c2ccc(C)cc2)c1. The van der Waals surface area contributed by atoms with Gasteiger partial charge in [0.2, 0.25) is 0 Å². The maximum atomic E-state index is 12.4. The summed E-state index contributed by atoms with van der Waals surface area (Å²) in [6.45, 7) is 3.98. The zero-order valence-corrected chi connectivity index (χ0v) is 14.6. The van der Waals surface area contributed by atoms with Crippen LogP contribution >= 0.6 is 11.3 Å². The van der Waals surface area contributed by atoms with E-state index in [1.54, 1.807) is 19.2 Å². The first-order valence-corrected chi connectivity index (χ1v) is 8.44. The van der Waals surface area contributed by atoms with Crippen LogP contribution in [0.2, 0.25) is 0 Å². The second-order valence-corrected chi connectivity index (χ2v) is 6.32. The minimum Gasteiger partial charge on any atom is -0.497 e. The predicted octanol–water partition coefficient (Wildman–Crippen LogP) is 3.91. The third-order valence-electron chi connectivity index (χ3n) is 3.69. The molecule has 0 saturated heterocycles. The fourth-order valence-electron chi connectivity index (χ4n) is 2.38. The molecule has 4 nitrogen and oxygen atoms in total. The molecular weight excluding hydrogens is 320 g/mol. The molecule has 0 aliphatic heterocycles. The summed E-state index contributed by atoms with van der Waals surface area (Å²) in [4.78, 5) is 17.4. The second kappa shape index (κ2) is 6.84. The Labute approximate surface area is 144 Å². The zero-order chi connectivity index (χ0) is 17.1. The molecule has 1 amide bonds. The van der Waals surface area contributed by atoms with E-state index in [0.717, 1.165) is 22.7 Å². The normalized spacial score (nSPS) is 11.5. The number of amides is 1. The van der Waals surface area contributed by atoms with Crippen LogP contribution in [0.25, 0.3) is 5.69 Å². The second-order valence-electron chi connectivity index (χ2n) is 5.48. The average molecular weight is 338 g/mol. The van der Waals surface area contributed by atoms with Crippen molar-refractivity contribution in [3.8, 4) is 11.4 Å². The van der Waals surface area contributed by atoms with Gasteiger partial charge >= 0.3 is 0 Å². The van der Waals surface area contributed by atoms with Gasteiger partial charge in [-0.3, -0.25) is 9.36 Å². The van der Waals surface area contributed by atoms with Crippen LogP contribution in [0.1, 0.15) is 21.6 Å². The van der Waals surface area contributed by atoms with E-state index >= 15 is 0 Å². The van der Waals surface area contributed by atoms with Crippen LogP contribution in [0, 0.1) is 13.8 Å². The molecule has 1 heterocycles. The third-order valence-corrected chi connectivity index (χ3v) is 4.63. The number of hydrogen-bond acceptors (Lipinski definition) is 3. The van der Waals surface area contributed by atoms with Crippen molar-refractivity contribution in [3.63, 3.8) is 0 Å². The van der Waals surface area contributed by atoms with E-state index in [0.29, 0.717) is 10.4 Å². The van der Waals surface area contributed by atoms with Crippen LogP contribution in [-0.2, 0) is 0 Å². The smallest absolute Gasteiger partial charge is 0.279 e. The van der Waals surface area contributed by atoms with Crippen molar-refractivity contribution in [2.24, 2.45) is 4.99 Å². The number of ether oxygens (including phenoxy) is 1. The number of carbonyl (C=O) groups is 1. The fraction of sp³-hybridized carbons (Fsp3) is 0.158. The Balaban J connectivity index is 2.06. The number of aryl methyl sites for hydroxylation is 2.